The highest BCUT2D eigenvalue weighted by molar-refractivity contribution is 6.22. The summed E-state index contributed by atoms with van der Waals surface area (Å²) in [6, 6.07) is 50.7. The fourth-order valence-corrected chi connectivity index (χ4v) is 7.60. The molecule has 0 aliphatic rings. The third kappa shape index (κ3) is 4.31. The zero-order valence-electron chi connectivity index (χ0n) is 27.8. The summed E-state index contributed by atoms with van der Waals surface area (Å²) in [7, 11) is 0. The SMILES string of the molecule is [2H]c1ccc2cc(-c3c4ccccc4c(-c4ccc(-c5ccc(C)c6oc7c(C(C)C)cccc7c56)cc4)c4ccccc34)ccc2c1. The van der Waals surface area contributed by atoms with Crippen LogP contribution in [0.15, 0.2) is 150 Å². The molecule has 8 aromatic carbocycles. The standard InChI is InChI=1S/C46H34O/c1-28(2)35-17-10-18-41-44-36(26-19-29(3)45(44)47-46(35)41)31-21-23-32(24-22-31)42-37-13-6-8-15-39(37)43(40-16-9-7-14-38(40)42)34-25-20-30-11-4-5-12-33(30)27-34/h4-28H,1-3H3/i4D. The number of hydrogen-bond donors (Lipinski definition) is 0. The maximum atomic E-state index is 8.06. The Kier molecular flexibility index (Phi) is 6.05. The van der Waals surface area contributed by atoms with Crippen LogP contribution in [0.5, 0.6) is 0 Å². The first-order valence-electron chi connectivity index (χ1n) is 17.0. The summed E-state index contributed by atoms with van der Waals surface area (Å²) in [5.41, 5.74) is 11.6. The van der Waals surface area contributed by atoms with Crippen molar-refractivity contribution < 1.29 is 5.79 Å². The molecule has 1 heterocycles. The second-order valence-corrected chi connectivity index (χ2v) is 13.0. The Hall–Kier alpha value is -5.66. The molecule has 0 saturated carbocycles. The van der Waals surface area contributed by atoms with E-state index in [0.29, 0.717) is 12.0 Å². The summed E-state index contributed by atoms with van der Waals surface area (Å²) < 4.78 is 14.7. The Bertz CT molecular complexity index is 2650. The maximum Gasteiger partial charge on any atom is 0.138 e. The number of benzene rings is 8. The first kappa shape index (κ1) is 26.5. The van der Waals surface area contributed by atoms with Crippen LogP contribution in [0.1, 0.15) is 32.3 Å². The largest absolute Gasteiger partial charge is 0.455 e. The van der Waals surface area contributed by atoms with E-state index in [1.54, 1.807) is 0 Å². The van der Waals surface area contributed by atoms with Gasteiger partial charge in [-0.1, -0.05) is 153 Å². The predicted octanol–water partition coefficient (Wildman–Crippen LogP) is 13.5. The van der Waals surface area contributed by atoms with Gasteiger partial charge in [0.2, 0.25) is 0 Å². The van der Waals surface area contributed by atoms with Gasteiger partial charge in [-0.3, -0.25) is 0 Å². The molecule has 0 aliphatic heterocycles. The number of rotatable bonds is 4. The van der Waals surface area contributed by atoms with Crippen molar-refractivity contribution in [1.29, 1.82) is 0 Å². The number of fused-ring (bicyclic) bond motifs is 6. The summed E-state index contributed by atoms with van der Waals surface area (Å²) in [4.78, 5) is 0. The van der Waals surface area contributed by atoms with Crippen molar-refractivity contribution in [1.82, 2.24) is 0 Å². The Morgan fingerprint density at radius 2 is 1.13 bits per heavy atom. The van der Waals surface area contributed by atoms with Crippen molar-refractivity contribution in [2.24, 2.45) is 0 Å². The molecule has 224 valence electrons. The Morgan fingerprint density at radius 3 is 1.81 bits per heavy atom. The van der Waals surface area contributed by atoms with Crippen LogP contribution in [0.2, 0.25) is 0 Å². The molecule has 0 fully saturated rings. The molecule has 0 aliphatic carbocycles. The Morgan fingerprint density at radius 1 is 0.511 bits per heavy atom. The molecule has 9 aromatic rings. The van der Waals surface area contributed by atoms with Crippen molar-refractivity contribution in [2.45, 2.75) is 26.7 Å². The molecule has 0 radical (unpaired) electrons. The van der Waals surface area contributed by atoms with Crippen molar-refractivity contribution in [3.63, 3.8) is 0 Å². The van der Waals surface area contributed by atoms with Gasteiger partial charge in [0.1, 0.15) is 11.2 Å². The molecule has 1 aromatic heterocycles. The lowest BCUT2D eigenvalue weighted by molar-refractivity contribution is 0.654. The van der Waals surface area contributed by atoms with Crippen LogP contribution in [0.3, 0.4) is 0 Å². The van der Waals surface area contributed by atoms with Crippen molar-refractivity contribution in [2.75, 3.05) is 0 Å². The molecule has 1 heteroatoms. The van der Waals surface area contributed by atoms with Gasteiger partial charge in [0.15, 0.2) is 0 Å². The highest BCUT2D eigenvalue weighted by Gasteiger charge is 2.19. The second-order valence-electron chi connectivity index (χ2n) is 13.0. The van der Waals surface area contributed by atoms with E-state index in [-0.39, 0.29) is 0 Å². The van der Waals surface area contributed by atoms with Gasteiger partial charge < -0.3 is 4.42 Å². The molecular formula is C46H34O. The second kappa shape index (κ2) is 10.7. The van der Waals surface area contributed by atoms with Crippen molar-refractivity contribution >= 4 is 54.3 Å². The number of furan rings is 1. The fourth-order valence-electron chi connectivity index (χ4n) is 7.60. The van der Waals surface area contributed by atoms with Crippen molar-refractivity contribution in [3.8, 4) is 33.4 Å². The van der Waals surface area contributed by atoms with E-state index in [1.807, 2.05) is 12.1 Å². The average molecular weight is 604 g/mol. The fraction of sp³-hybridized carbons (Fsp3) is 0.0870. The molecule has 1 nitrogen and oxygen atoms in total. The summed E-state index contributed by atoms with van der Waals surface area (Å²) in [6.45, 7) is 6.59. The van der Waals surface area contributed by atoms with Gasteiger partial charge in [0, 0.05) is 10.8 Å². The molecule has 0 unspecified atom stereocenters. The van der Waals surface area contributed by atoms with Crippen LogP contribution in [0.25, 0.3) is 87.6 Å². The lowest BCUT2D eigenvalue weighted by Gasteiger charge is -2.18. The first-order valence-corrected chi connectivity index (χ1v) is 16.5. The van der Waals surface area contributed by atoms with Crippen LogP contribution >= 0.6 is 0 Å². The zero-order valence-corrected chi connectivity index (χ0v) is 26.8. The van der Waals surface area contributed by atoms with E-state index in [2.05, 4.69) is 148 Å². The smallest absolute Gasteiger partial charge is 0.138 e. The molecule has 47 heavy (non-hydrogen) atoms. The molecule has 0 bridgehead atoms. The monoisotopic (exact) mass is 603 g/mol. The summed E-state index contributed by atoms with van der Waals surface area (Å²) in [5, 5.41) is 9.55. The van der Waals surface area contributed by atoms with Crippen LogP contribution in [0.4, 0.5) is 0 Å². The molecule has 0 atom stereocenters. The van der Waals surface area contributed by atoms with Crippen LogP contribution < -0.4 is 0 Å². The first-order chi connectivity index (χ1) is 23.5. The molecule has 0 spiro atoms. The zero-order chi connectivity index (χ0) is 32.5. The quantitative estimate of drug-likeness (QED) is 0.182. The highest BCUT2D eigenvalue weighted by Crippen LogP contribution is 2.45. The third-order valence-corrected chi connectivity index (χ3v) is 9.88. The van der Waals surface area contributed by atoms with Crippen molar-refractivity contribution in [3.05, 3.63) is 157 Å². The van der Waals surface area contributed by atoms with Gasteiger partial charge in [0.25, 0.3) is 0 Å². The van der Waals surface area contributed by atoms with E-state index in [0.717, 1.165) is 27.5 Å². The van der Waals surface area contributed by atoms with Gasteiger partial charge >= 0.3 is 0 Å². The van der Waals surface area contributed by atoms with Gasteiger partial charge in [0.05, 0.1) is 1.37 Å². The molecular weight excluding hydrogens is 569 g/mol. The highest BCUT2D eigenvalue weighted by atomic mass is 16.3. The molecule has 0 N–H and O–H groups in total. The van der Waals surface area contributed by atoms with Crippen LogP contribution in [-0.4, -0.2) is 0 Å². The van der Waals surface area contributed by atoms with Gasteiger partial charge in [-0.15, -0.1) is 0 Å². The van der Waals surface area contributed by atoms with E-state index in [9.17, 15) is 0 Å². The number of para-hydroxylation sites is 1. The minimum atomic E-state index is 0.381. The summed E-state index contributed by atoms with van der Waals surface area (Å²) in [6.07, 6.45) is 0. The lowest BCUT2D eigenvalue weighted by atomic mass is 9.85. The number of hydrogen-bond acceptors (Lipinski definition) is 1. The Balaban J connectivity index is 1.24. The van der Waals surface area contributed by atoms with Gasteiger partial charge in [-0.05, 0) is 95.7 Å². The number of aryl methyl sites for hydroxylation is 1. The minimum absolute atomic E-state index is 0.381. The van der Waals surface area contributed by atoms with Crippen LogP contribution in [-0.2, 0) is 0 Å². The predicted molar refractivity (Wildman–Crippen MR) is 201 cm³/mol. The van der Waals surface area contributed by atoms with E-state index >= 15 is 0 Å². The van der Waals surface area contributed by atoms with E-state index in [4.69, 9.17) is 5.79 Å². The molecule has 9 rings (SSSR count). The third-order valence-electron chi connectivity index (χ3n) is 9.88. The average Bonchev–Trinajstić information content (AvgIpc) is 3.51. The topological polar surface area (TPSA) is 13.1 Å². The van der Waals surface area contributed by atoms with Crippen LogP contribution in [0, 0.1) is 6.92 Å². The molecule has 0 saturated heterocycles. The normalized spacial score (nSPS) is 12.2. The summed E-state index contributed by atoms with van der Waals surface area (Å²) in [5.74, 6) is 0.381. The Labute approximate surface area is 276 Å². The van der Waals surface area contributed by atoms with Gasteiger partial charge in [-0.25, -0.2) is 0 Å². The maximum absolute atomic E-state index is 8.06. The lowest BCUT2D eigenvalue weighted by Crippen LogP contribution is -1.91. The molecule has 0 amide bonds. The van der Waals surface area contributed by atoms with Gasteiger partial charge in [-0.2, -0.15) is 0 Å². The van der Waals surface area contributed by atoms with E-state index in [1.165, 1.54) is 71.3 Å². The van der Waals surface area contributed by atoms with E-state index < -0.39 is 0 Å². The minimum Gasteiger partial charge on any atom is -0.455 e. The summed E-state index contributed by atoms with van der Waals surface area (Å²) >= 11 is 0.